The van der Waals surface area contributed by atoms with Gasteiger partial charge in [0.2, 0.25) is 10.0 Å². The average molecular weight is 313 g/mol. The molecule has 7 heteroatoms. The summed E-state index contributed by atoms with van der Waals surface area (Å²) in [7, 11) is -3.59. The molecule has 0 amide bonds. The summed E-state index contributed by atoms with van der Waals surface area (Å²) in [4.78, 5) is 4.33. The molecule has 118 valence electrons. The molecule has 0 aliphatic carbocycles. The molecule has 21 heavy (non-hydrogen) atoms. The Morgan fingerprint density at radius 3 is 3.00 bits per heavy atom. The van der Waals surface area contributed by atoms with Gasteiger partial charge in [-0.1, -0.05) is 6.92 Å². The van der Waals surface area contributed by atoms with Crippen LogP contribution in [0.5, 0.6) is 0 Å². The monoisotopic (exact) mass is 313 g/mol. The van der Waals surface area contributed by atoms with Crippen molar-refractivity contribution in [3.63, 3.8) is 0 Å². The van der Waals surface area contributed by atoms with E-state index in [1.807, 2.05) is 13.8 Å². The molecule has 1 fully saturated rings. The van der Waals surface area contributed by atoms with Gasteiger partial charge in [-0.15, -0.1) is 0 Å². The van der Waals surface area contributed by atoms with E-state index >= 15 is 0 Å². The van der Waals surface area contributed by atoms with E-state index in [0.717, 1.165) is 12.8 Å². The van der Waals surface area contributed by atoms with Crippen molar-refractivity contribution in [1.29, 1.82) is 0 Å². The van der Waals surface area contributed by atoms with Crippen LogP contribution in [0.3, 0.4) is 0 Å². The van der Waals surface area contributed by atoms with Gasteiger partial charge >= 0.3 is 0 Å². The number of anilines is 1. The van der Waals surface area contributed by atoms with Gasteiger partial charge in [0.25, 0.3) is 0 Å². The smallest absolute Gasteiger partial charge is 0.244 e. The van der Waals surface area contributed by atoms with Crippen LogP contribution < -0.4 is 10.0 Å². The second-order valence-electron chi connectivity index (χ2n) is 5.31. The topological polar surface area (TPSA) is 80.3 Å². The van der Waals surface area contributed by atoms with E-state index in [0.29, 0.717) is 25.6 Å². The minimum atomic E-state index is -3.59. The third-order valence-electron chi connectivity index (χ3n) is 3.62. The lowest BCUT2D eigenvalue weighted by Crippen LogP contribution is -2.38. The maximum Gasteiger partial charge on any atom is 0.244 e. The molecule has 2 rings (SSSR count). The van der Waals surface area contributed by atoms with E-state index in [9.17, 15) is 8.42 Å². The Bertz CT molecular complexity index is 556. The van der Waals surface area contributed by atoms with Crippen LogP contribution in [0, 0.1) is 5.92 Å². The van der Waals surface area contributed by atoms with Crippen molar-refractivity contribution in [2.24, 2.45) is 5.92 Å². The lowest BCUT2D eigenvalue weighted by Gasteiger charge is -2.20. The van der Waals surface area contributed by atoms with Gasteiger partial charge in [-0.3, -0.25) is 0 Å². The molecule has 0 bridgehead atoms. The van der Waals surface area contributed by atoms with Crippen LogP contribution in [0.25, 0.3) is 0 Å². The highest BCUT2D eigenvalue weighted by molar-refractivity contribution is 7.89. The van der Waals surface area contributed by atoms with Crippen molar-refractivity contribution in [3.8, 4) is 0 Å². The number of nitrogens with one attached hydrogen (secondary N) is 2. The van der Waals surface area contributed by atoms with Gasteiger partial charge in [-0.25, -0.2) is 18.1 Å². The van der Waals surface area contributed by atoms with Gasteiger partial charge in [0, 0.05) is 31.3 Å². The molecule has 1 saturated heterocycles. The van der Waals surface area contributed by atoms with Crippen LogP contribution in [0.1, 0.15) is 26.7 Å². The Morgan fingerprint density at radius 2 is 2.33 bits per heavy atom. The van der Waals surface area contributed by atoms with E-state index in [1.165, 1.54) is 0 Å². The fourth-order valence-electron chi connectivity index (χ4n) is 2.34. The Kier molecular flexibility index (Phi) is 5.55. The fraction of sp³-hybridized carbons (Fsp3) is 0.643. The molecule has 1 aromatic rings. The molecule has 2 atom stereocenters. The number of ether oxygens (including phenoxy) is 1. The Labute approximate surface area is 126 Å². The molecule has 0 spiro atoms. The zero-order valence-electron chi connectivity index (χ0n) is 12.5. The Morgan fingerprint density at radius 1 is 1.52 bits per heavy atom. The number of pyridine rings is 1. The van der Waals surface area contributed by atoms with E-state index in [-0.39, 0.29) is 16.9 Å². The van der Waals surface area contributed by atoms with Crippen LogP contribution in [-0.2, 0) is 14.8 Å². The third-order valence-corrected chi connectivity index (χ3v) is 5.21. The van der Waals surface area contributed by atoms with Gasteiger partial charge in [-0.05, 0) is 31.9 Å². The maximum atomic E-state index is 12.6. The maximum absolute atomic E-state index is 12.6. The molecular formula is C14H23N3O3S. The van der Waals surface area contributed by atoms with Gasteiger partial charge in [0.1, 0.15) is 10.7 Å². The normalized spacial score (nSPS) is 20.4. The van der Waals surface area contributed by atoms with Crippen LogP contribution >= 0.6 is 0 Å². The van der Waals surface area contributed by atoms with Gasteiger partial charge in [-0.2, -0.15) is 0 Å². The lowest BCUT2D eigenvalue weighted by atomic mass is 10.0. The first-order valence-corrected chi connectivity index (χ1v) is 8.82. The van der Waals surface area contributed by atoms with Crippen molar-refractivity contribution in [1.82, 2.24) is 9.71 Å². The summed E-state index contributed by atoms with van der Waals surface area (Å²) in [5.74, 6) is 0.630. The number of sulfonamides is 1. The highest BCUT2D eigenvalue weighted by atomic mass is 32.2. The molecule has 0 aromatic carbocycles. The van der Waals surface area contributed by atoms with E-state index < -0.39 is 10.0 Å². The predicted octanol–water partition coefficient (Wildman–Crippen LogP) is 1.61. The lowest BCUT2D eigenvalue weighted by molar-refractivity contribution is 0.180. The molecule has 2 heterocycles. The summed E-state index contributed by atoms with van der Waals surface area (Å²) >= 11 is 0. The van der Waals surface area contributed by atoms with Crippen LogP contribution in [0.2, 0.25) is 0 Å². The van der Waals surface area contributed by atoms with Gasteiger partial charge in [0.15, 0.2) is 0 Å². The first-order valence-electron chi connectivity index (χ1n) is 7.33. The van der Waals surface area contributed by atoms with Crippen molar-refractivity contribution >= 4 is 15.8 Å². The first-order chi connectivity index (χ1) is 10.0. The highest BCUT2D eigenvalue weighted by Gasteiger charge is 2.28. The van der Waals surface area contributed by atoms with Crippen molar-refractivity contribution in [3.05, 3.63) is 18.3 Å². The molecule has 1 aliphatic rings. The summed E-state index contributed by atoms with van der Waals surface area (Å²) in [6.45, 7) is 5.90. The van der Waals surface area contributed by atoms with E-state index in [4.69, 9.17) is 4.74 Å². The SMILES string of the molecule is CCCNc1ncccc1S(=O)(=O)NC(C)C1CCOC1. The molecule has 2 N–H and O–H groups in total. The largest absolute Gasteiger partial charge is 0.381 e. The molecule has 1 aromatic heterocycles. The second kappa shape index (κ2) is 7.20. The molecule has 0 radical (unpaired) electrons. The third kappa shape index (κ3) is 4.15. The van der Waals surface area contributed by atoms with Gasteiger partial charge in [0.05, 0.1) is 6.61 Å². The molecule has 1 aliphatic heterocycles. The number of hydrogen-bond donors (Lipinski definition) is 2. The Hall–Kier alpha value is -1.18. The zero-order chi connectivity index (χ0) is 15.3. The first kappa shape index (κ1) is 16.2. The summed E-state index contributed by atoms with van der Waals surface area (Å²) in [6, 6.07) is 3.05. The number of hydrogen-bond acceptors (Lipinski definition) is 5. The average Bonchev–Trinajstić information content (AvgIpc) is 2.99. The van der Waals surface area contributed by atoms with E-state index in [2.05, 4.69) is 15.0 Å². The zero-order valence-corrected chi connectivity index (χ0v) is 13.3. The number of rotatable bonds is 7. The number of aromatic nitrogens is 1. The van der Waals surface area contributed by atoms with Gasteiger partial charge < -0.3 is 10.1 Å². The second-order valence-corrected chi connectivity index (χ2v) is 6.99. The molecule has 6 nitrogen and oxygen atoms in total. The minimum Gasteiger partial charge on any atom is -0.381 e. The molecule has 2 unspecified atom stereocenters. The van der Waals surface area contributed by atoms with Crippen LogP contribution in [0.15, 0.2) is 23.2 Å². The molecular weight excluding hydrogens is 290 g/mol. The van der Waals surface area contributed by atoms with E-state index in [1.54, 1.807) is 18.3 Å². The van der Waals surface area contributed by atoms with Crippen LogP contribution in [-0.4, -0.2) is 39.2 Å². The van der Waals surface area contributed by atoms with Crippen molar-refractivity contribution in [2.45, 2.75) is 37.6 Å². The number of nitrogens with zero attached hydrogens (tertiary/aromatic N) is 1. The molecule has 0 saturated carbocycles. The van der Waals surface area contributed by atoms with Crippen molar-refractivity contribution < 1.29 is 13.2 Å². The Balaban J connectivity index is 2.14. The fourth-order valence-corrected chi connectivity index (χ4v) is 3.78. The van der Waals surface area contributed by atoms with Crippen LogP contribution in [0.4, 0.5) is 5.82 Å². The standard InChI is InChI=1S/C14H23N3O3S/c1-3-7-15-14-13(5-4-8-16-14)21(18,19)17-11(2)12-6-9-20-10-12/h4-5,8,11-12,17H,3,6-7,9-10H2,1-2H3,(H,15,16). The summed E-state index contributed by atoms with van der Waals surface area (Å²) < 4.78 is 33.2. The summed E-state index contributed by atoms with van der Waals surface area (Å²) in [6.07, 6.45) is 3.38. The minimum absolute atomic E-state index is 0.156. The highest BCUT2D eigenvalue weighted by Crippen LogP contribution is 2.21. The quantitative estimate of drug-likeness (QED) is 0.799. The predicted molar refractivity (Wildman–Crippen MR) is 81.7 cm³/mol. The van der Waals surface area contributed by atoms with Crippen molar-refractivity contribution in [2.75, 3.05) is 25.1 Å². The summed E-state index contributed by atoms with van der Waals surface area (Å²) in [5, 5.41) is 3.06. The summed E-state index contributed by atoms with van der Waals surface area (Å²) in [5.41, 5.74) is 0.